The molecule has 3 aromatic carbocycles. The maximum absolute atomic E-state index is 12.6. The smallest absolute Gasteiger partial charge is 0.251 e. The molecule has 1 amide bonds. The van der Waals surface area contributed by atoms with Crippen molar-refractivity contribution in [2.24, 2.45) is 0 Å². The van der Waals surface area contributed by atoms with Crippen molar-refractivity contribution in [1.29, 1.82) is 0 Å². The average molecular weight is 437 g/mol. The highest BCUT2D eigenvalue weighted by molar-refractivity contribution is 7.89. The molecule has 5 nitrogen and oxygen atoms in total. The highest BCUT2D eigenvalue weighted by Gasteiger charge is 2.17. The molecular weight excluding hydrogens is 408 g/mol. The van der Waals surface area contributed by atoms with E-state index in [2.05, 4.69) is 34.3 Å². The van der Waals surface area contributed by atoms with Gasteiger partial charge in [-0.25, -0.2) is 13.1 Å². The van der Waals surface area contributed by atoms with Crippen LogP contribution in [0.4, 0.5) is 0 Å². The molecule has 3 aromatic rings. The second-order valence-corrected chi connectivity index (χ2v) is 9.43. The quantitative estimate of drug-likeness (QED) is 0.524. The van der Waals surface area contributed by atoms with Crippen LogP contribution >= 0.6 is 0 Å². The molecule has 0 heterocycles. The molecule has 0 spiro atoms. The molecule has 0 unspecified atom stereocenters. The third kappa shape index (κ3) is 6.26. The Kier molecular flexibility index (Phi) is 7.60. The van der Waals surface area contributed by atoms with Gasteiger partial charge in [0, 0.05) is 24.1 Å². The third-order valence-electron chi connectivity index (χ3n) is 4.94. The molecule has 3 rings (SSSR count). The van der Waals surface area contributed by atoms with Gasteiger partial charge in [0.05, 0.1) is 4.90 Å². The van der Waals surface area contributed by atoms with E-state index in [1.54, 1.807) is 13.8 Å². The van der Waals surface area contributed by atoms with Gasteiger partial charge < -0.3 is 5.32 Å². The monoisotopic (exact) mass is 436 g/mol. The van der Waals surface area contributed by atoms with Crippen molar-refractivity contribution < 1.29 is 13.2 Å². The lowest BCUT2D eigenvalue weighted by atomic mass is 9.88. The number of sulfonamides is 1. The van der Waals surface area contributed by atoms with Crippen LogP contribution in [0.15, 0.2) is 89.8 Å². The van der Waals surface area contributed by atoms with E-state index in [1.807, 2.05) is 36.4 Å². The first-order chi connectivity index (χ1) is 14.9. The summed E-state index contributed by atoms with van der Waals surface area (Å²) in [5.41, 5.74) is 2.84. The fourth-order valence-electron chi connectivity index (χ4n) is 3.49. The molecule has 2 N–H and O–H groups in total. The molecule has 0 aliphatic rings. The zero-order valence-corrected chi connectivity index (χ0v) is 18.6. The van der Waals surface area contributed by atoms with E-state index in [1.165, 1.54) is 35.4 Å². The van der Waals surface area contributed by atoms with Crippen molar-refractivity contribution >= 4 is 15.9 Å². The van der Waals surface area contributed by atoms with Crippen molar-refractivity contribution in [1.82, 2.24) is 10.0 Å². The number of carbonyl (C=O) groups excluding carboxylic acids is 1. The number of hydrogen-bond donors (Lipinski definition) is 2. The Labute approximate surface area is 184 Å². The van der Waals surface area contributed by atoms with Gasteiger partial charge in [0.15, 0.2) is 0 Å². The highest BCUT2D eigenvalue weighted by Crippen LogP contribution is 2.27. The second-order valence-electron chi connectivity index (χ2n) is 7.72. The van der Waals surface area contributed by atoms with Crippen LogP contribution < -0.4 is 10.0 Å². The van der Waals surface area contributed by atoms with Crippen molar-refractivity contribution in [2.45, 2.75) is 37.1 Å². The normalized spacial score (nSPS) is 11.6. The van der Waals surface area contributed by atoms with E-state index >= 15 is 0 Å². The maximum atomic E-state index is 12.6. The molecule has 0 bridgehead atoms. The molecule has 0 aliphatic carbocycles. The molecule has 6 heteroatoms. The van der Waals surface area contributed by atoms with Crippen molar-refractivity contribution in [3.8, 4) is 0 Å². The van der Waals surface area contributed by atoms with Crippen LogP contribution in [0, 0.1) is 0 Å². The van der Waals surface area contributed by atoms with Crippen LogP contribution in [0.2, 0.25) is 0 Å². The van der Waals surface area contributed by atoms with Crippen molar-refractivity contribution in [3.63, 3.8) is 0 Å². The number of amides is 1. The molecule has 0 atom stereocenters. The van der Waals surface area contributed by atoms with E-state index in [0.717, 1.165) is 6.42 Å². The Hall–Kier alpha value is -2.96. The van der Waals surface area contributed by atoms with E-state index in [9.17, 15) is 13.2 Å². The zero-order chi connectivity index (χ0) is 22.3. The first-order valence-electron chi connectivity index (χ1n) is 10.4. The Bertz CT molecular complexity index is 1040. The predicted octanol–water partition coefficient (Wildman–Crippen LogP) is 4.33. The van der Waals surface area contributed by atoms with Gasteiger partial charge in [-0.05, 0) is 55.7 Å². The summed E-state index contributed by atoms with van der Waals surface area (Å²) in [5, 5.41) is 2.96. The standard InChI is InChI=1S/C25H28N2O3S/c1-19(2)27-31(29,30)23-15-13-22(14-16-23)25(28)26-18-17-24(20-9-5-3-6-10-20)21-11-7-4-8-12-21/h3-16,19,24,27H,17-18H2,1-2H3,(H,26,28). The van der Waals surface area contributed by atoms with Crippen LogP contribution in [-0.2, 0) is 10.0 Å². The minimum Gasteiger partial charge on any atom is -0.352 e. The lowest BCUT2D eigenvalue weighted by Crippen LogP contribution is -2.30. The van der Waals surface area contributed by atoms with Gasteiger partial charge >= 0.3 is 0 Å². The molecule has 0 fully saturated rings. The topological polar surface area (TPSA) is 75.3 Å². The van der Waals surface area contributed by atoms with Crippen LogP contribution in [0.1, 0.15) is 47.7 Å². The molecule has 0 aromatic heterocycles. The minimum atomic E-state index is -3.57. The molecule has 162 valence electrons. The fraction of sp³-hybridized carbons (Fsp3) is 0.240. The van der Waals surface area contributed by atoms with E-state index in [4.69, 9.17) is 0 Å². The summed E-state index contributed by atoms with van der Waals surface area (Å²) in [6, 6.07) is 26.3. The fourth-order valence-corrected chi connectivity index (χ4v) is 4.74. The summed E-state index contributed by atoms with van der Waals surface area (Å²) < 4.78 is 27.0. The number of carbonyl (C=O) groups is 1. The van der Waals surface area contributed by atoms with E-state index in [-0.39, 0.29) is 22.8 Å². The Morgan fingerprint density at radius 1 is 0.806 bits per heavy atom. The molecule has 0 saturated carbocycles. The summed E-state index contributed by atoms with van der Waals surface area (Å²) in [6.45, 7) is 4.03. The molecule has 0 saturated heterocycles. The lowest BCUT2D eigenvalue weighted by molar-refractivity contribution is 0.0952. The van der Waals surface area contributed by atoms with Crippen molar-refractivity contribution in [3.05, 3.63) is 102 Å². The summed E-state index contributed by atoms with van der Waals surface area (Å²) >= 11 is 0. The summed E-state index contributed by atoms with van der Waals surface area (Å²) in [5.74, 6) is -0.0435. The van der Waals surface area contributed by atoms with Gasteiger partial charge in [0.1, 0.15) is 0 Å². The number of nitrogens with one attached hydrogen (secondary N) is 2. The SMILES string of the molecule is CC(C)NS(=O)(=O)c1ccc(C(=O)NCCC(c2ccccc2)c2ccccc2)cc1. The molecule has 0 radical (unpaired) electrons. The van der Waals surface area contributed by atoms with E-state index < -0.39 is 10.0 Å². The van der Waals surface area contributed by atoms with Crippen LogP contribution in [-0.4, -0.2) is 26.9 Å². The number of rotatable bonds is 9. The molecule has 0 aliphatic heterocycles. The number of hydrogen-bond acceptors (Lipinski definition) is 3. The molecular formula is C25H28N2O3S. The highest BCUT2D eigenvalue weighted by atomic mass is 32.2. The molecule has 31 heavy (non-hydrogen) atoms. The Morgan fingerprint density at radius 2 is 1.32 bits per heavy atom. The largest absolute Gasteiger partial charge is 0.352 e. The van der Waals surface area contributed by atoms with Crippen LogP contribution in [0.25, 0.3) is 0 Å². The second kappa shape index (κ2) is 10.4. The average Bonchev–Trinajstić information content (AvgIpc) is 2.77. The van der Waals surface area contributed by atoms with Crippen LogP contribution in [0.3, 0.4) is 0 Å². The zero-order valence-electron chi connectivity index (χ0n) is 17.8. The van der Waals surface area contributed by atoms with Gasteiger partial charge in [-0.3, -0.25) is 4.79 Å². The number of benzene rings is 3. The van der Waals surface area contributed by atoms with E-state index in [0.29, 0.717) is 12.1 Å². The first-order valence-corrected chi connectivity index (χ1v) is 11.9. The summed E-state index contributed by atoms with van der Waals surface area (Å²) in [6.07, 6.45) is 0.755. The van der Waals surface area contributed by atoms with Gasteiger partial charge in [0.25, 0.3) is 5.91 Å². The van der Waals surface area contributed by atoms with Gasteiger partial charge in [-0.2, -0.15) is 0 Å². The summed E-state index contributed by atoms with van der Waals surface area (Å²) in [4.78, 5) is 12.7. The van der Waals surface area contributed by atoms with Gasteiger partial charge in [-0.1, -0.05) is 60.7 Å². The summed E-state index contributed by atoms with van der Waals surface area (Å²) in [7, 11) is -3.57. The van der Waals surface area contributed by atoms with Crippen LogP contribution in [0.5, 0.6) is 0 Å². The Morgan fingerprint density at radius 3 is 1.81 bits per heavy atom. The predicted molar refractivity (Wildman–Crippen MR) is 124 cm³/mol. The van der Waals surface area contributed by atoms with Crippen molar-refractivity contribution in [2.75, 3.05) is 6.54 Å². The lowest BCUT2D eigenvalue weighted by Gasteiger charge is -2.18. The van der Waals surface area contributed by atoms with Gasteiger partial charge in [0.2, 0.25) is 10.0 Å². The minimum absolute atomic E-state index is 0.144. The van der Waals surface area contributed by atoms with Gasteiger partial charge in [-0.15, -0.1) is 0 Å². The first kappa shape index (κ1) is 22.7. The Balaban J connectivity index is 1.64. The third-order valence-corrected chi connectivity index (χ3v) is 6.61. The maximum Gasteiger partial charge on any atom is 0.251 e.